The smallest absolute Gasteiger partial charge is 0.0931 e. The first-order valence-corrected chi connectivity index (χ1v) is 7.11. The van der Waals surface area contributed by atoms with Gasteiger partial charge < -0.3 is 10.4 Å². The predicted molar refractivity (Wildman–Crippen MR) is 69.3 cm³/mol. The van der Waals surface area contributed by atoms with Crippen LogP contribution in [0.2, 0.25) is 4.34 Å². The van der Waals surface area contributed by atoms with Crippen molar-refractivity contribution in [3.05, 3.63) is 21.3 Å². The average molecular weight is 260 g/mol. The van der Waals surface area contributed by atoms with Gasteiger partial charge in [-0.05, 0) is 31.4 Å². The minimum Gasteiger partial charge on any atom is -0.392 e. The molecule has 16 heavy (non-hydrogen) atoms. The number of hydrogen-bond donors (Lipinski definition) is 2. The lowest BCUT2D eigenvalue weighted by atomic mass is 9.92. The molecule has 2 atom stereocenters. The minimum absolute atomic E-state index is 0.152. The van der Waals surface area contributed by atoms with Gasteiger partial charge in [0.25, 0.3) is 0 Å². The molecule has 90 valence electrons. The van der Waals surface area contributed by atoms with Gasteiger partial charge in [-0.1, -0.05) is 24.4 Å². The second-order valence-electron chi connectivity index (χ2n) is 4.37. The Morgan fingerprint density at radius 1 is 1.38 bits per heavy atom. The van der Waals surface area contributed by atoms with E-state index in [-0.39, 0.29) is 6.10 Å². The zero-order valence-corrected chi connectivity index (χ0v) is 10.9. The van der Waals surface area contributed by atoms with Gasteiger partial charge in [0.2, 0.25) is 0 Å². The van der Waals surface area contributed by atoms with E-state index in [1.54, 1.807) is 11.3 Å². The summed E-state index contributed by atoms with van der Waals surface area (Å²) < 4.78 is 0.854. The summed E-state index contributed by atoms with van der Waals surface area (Å²) in [6, 6.07) is 4.31. The van der Waals surface area contributed by atoms with Crippen molar-refractivity contribution in [3.8, 4) is 0 Å². The summed E-state index contributed by atoms with van der Waals surface area (Å²) in [5, 5.41) is 13.2. The lowest BCUT2D eigenvalue weighted by molar-refractivity contribution is 0.0914. The Labute approximate surface area is 106 Å². The number of nitrogens with one attached hydrogen (secondary N) is 1. The van der Waals surface area contributed by atoms with Crippen LogP contribution in [-0.4, -0.2) is 23.8 Å². The number of rotatable bonds is 4. The molecule has 1 heterocycles. The van der Waals surface area contributed by atoms with Crippen LogP contribution < -0.4 is 5.32 Å². The first-order valence-electron chi connectivity index (χ1n) is 5.91. The van der Waals surface area contributed by atoms with Crippen molar-refractivity contribution in [2.24, 2.45) is 0 Å². The third-order valence-corrected chi connectivity index (χ3v) is 4.43. The molecule has 2 nitrogen and oxygen atoms in total. The molecule has 1 aromatic heterocycles. The number of aliphatic hydroxyl groups is 1. The van der Waals surface area contributed by atoms with Crippen molar-refractivity contribution >= 4 is 22.9 Å². The molecule has 0 unspecified atom stereocenters. The molecule has 1 aliphatic rings. The topological polar surface area (TPSA) is 32.3 Å². The van der Waals surface area contributed by atoms with E-state index in [1.165, 1.54) is 17.7 Å². The first kappa shape index (κ1) is 12.4. The zero-order chi connectivity index (χ0) is 11.4. The second kappa shape index (κ2) is 6.01. The molecule has 0 aromatic carbocycles. The maximum absolute atomic E-state index is 9.79. The first-order chi connectivity index (χ1) is 7.75. The molecule has 1 saturated carbocycles. The van der Waals surface area contributed by atoms with E-state index >= 15 is 0 Å². The lowest BCUT2D eigenvalue weighted by Gasteiger charge is -2.28. The van der Waals surface area contributed by atoms with Crippen LogP contribution in [0.15, 0.2) is 12.1 Å². The average Bonchev–Trinajstić information content (AvgIpc) is 2.67. The molecule has 2 N–H and O–H groups in total. The van der Waals surface area contributed by atoms with Crippen LogP contribution in [0, 0.1) is 0 Å². The van der Waals surface area contributed by atoms with Crippen LogP contribution in [-0.2, 0) is 6.42 Å². The molecule has 0 amide bonds. The zero-order valence-electron chi connectivity index (χ0n) is 9.29. The molecule has 2 rings (SSSR count). The Morgan fingerprint density at radius 3 is 2.88 bits per heavy atom. The quantitative estimate of drug-likeness (QED) is 0.872. The third kappa shape index (κ3) is 3.45. The van der Waals surface area contributed by atoms with E-state index < -0.39 is 0 Å². The molecule has 0 saturated heterocycles. The summed E-state index contributed by atoms with van der Waals surface area (Å²) in [7, 11) is 0. The van der Waals surface area contributed by atoms with E-state index in [0.29, 0.717) is 6.04 Å². The normalized spacial score (nSPS) is 25.9. The van der Waals surface area contributed by atoms with Crippen LogP contribution in [0.4, 0.5) is 0 Å². The van der Waals surface area contributed by atoms with E-state index in [0.717, 1.165) is 30.1 Å². The van der Waals surface area contributed by atoms with Gasteiger partial charge in [0, 0.05) is 17.5 Å². The van der Waals surface area contributed by atoms with Crippen LogP contribution in [0.3, 0.4) is 0 Å². The molecule has 1 fully saturated rings. The summed E-state index contributed by atoms with van der Waals surface area (Å²) in [6.45, 7) is 0.929. The summed E-state index contributed by atoms with van der Waals surface area (Å²) in [6.07, 6.45) is 5.30. The van der Waals surface area contributed by atoms with Gasteiger partial charge in [-0.2, -0.15) is 0 Å². The highest BCUT2D eigenvalue weighted by Gasteiger charge is 2.21. The maximum atomic E-state index is 9.79. The van der Waals surface area contributed by atoms with Crippen LogP contribution in [0.25, 0.3) is 0 Å². The van der Waals surface area contributed by atoms with Gasteiger partial charge in [0.05, 0.1) is 10.4 Å². The SMILES string of the molecule is O[C@@H]1CCCC[C@H]1NCCc1ccc(Cl)s1. The molecule has 1 aliphatic carbocycles. The van der Waals surface area contributed by atoms with Gasteiger partial charge in [0.15, 0.2) is 0 Å². The Hall–Kier alpha value is -0.0900. The van der Waals surface area contributed by atoms with E-state index in [2.05, 4.69) is 11.4 Å². The number of halogens is 1. The highest BCUT2D eigenvalue weighted by molar-refractivity contribution is 7.16. The largest absolute Gasteiger partial charge is 0.392 e. The predicted octanol–water partition coefficient (Wildman–Crippen LogP) is 2.84. The van der Waals surface area contributed by atoms with Crippen LogP contribution >= 0.6 is 22.9 Å². The van der Waals surface area contributed by atoms with E-state index in [4.69, 9.17) is 11.6 Å². The van der Waals surface area contributed by atoms with Gasteiger partial charge >= 0.3 is 0 Å². The van der Waals surface area contributed by atoms with Crippen molar-refractivity contribution in [1.82, 2.24) is 5.32 Å². The fraction of sp³-hybridized carbons (Fsp3) is 0.667. The Balaban J connectivity index is 1.71. The summed E-state index contributed by atoms with van der Waals surface area (Å²) in [5.41, 5.74) is 0. The minimum atomic E-state index is -0.152. The molecular formula is C12H18ClNOS. The van der Waals surface area contributed by atoms with E-state index in [1.807, 2.05) is 6.07 Å². The van der Waals surface area contributed by atoms with Gasteiger partial charge in [-0.3, -0.25) is 0 Å². The summed E-state index contributed by atoms with van der Waals surface area (Å²) >= 11 is 7.51. The van der Waals surface area contributed by atoms with Crippen molar-refractivity contribution in [3.63, 3.8) is 0 Å². The van der Waals surface area contributed by atoms with Gasteiger partial charge in [-0.15, -0.1) is 11.3 Å². The van der Waals surface area contributed by atoms with Crippen molar-refractivity contribution in [1.29, 1.82) is 0 Å². The van der Waals surface area contributed by atoms with Gasteiger partial charge in [0.1, 0.15) is 0 Å². The molecular weight excluding hydrogens is 242 g/mol. The second-order valence-corrected chi connectivity index (χ2v) is 6.17. The Morgan fingerprint density at radius 2 is 2.19 bits per heavy atom. The monoisotopic (exact) mass is 259 g/mol. The van der Waals surface area contributed by atoms with Crippen LogP contribution in [0.5, 0.6) is 0 Å². The van der Waals surface area contributed by atoms with Crippen molar-refractivity contribution in [2.45, 2.75) is 44.2 Å². The number of hydrogen-bond acceptors (Lipinski definition) is 3. The van der Waals surface area contributed by atoms with Crippen molar-refractivity contribution in [2.75, 3.05) is 6.54 Å². The molecule has 1 aromatic rings. The molecule has 4 heteroatoms. The Bertz CT molecular complexity index is 329. The Kier molecular flexibility index (Phi) is 4.65. The summed E-state index contributed by atoms with van der Waals surface area (Å²) in [4.78, 5) is 1.31. The van der Waals surface area contributed by atoms with Crippen LogP contribution in [0.1, 0.15) is 30.6 Å². The molecule has 0 radical (unpaired) electrons. The number of thiophene rings is 1. The fourth-order valence-corrected chi connectivity index (χ4v) is 3.30. The van der Waals surface area contributed by atoms with Gasteiger partial charge in [-0.25, -0.2) is 0 Å². The summed E-state index contributed by atoms with van der Waals surface area (Å²) in [5.74, 6) is 0. The molecule has 0 bridgehead atoms. The maximum Gasteiger partial charge on any atom is 0.0931 e. The van der Waals surface area contributed by atoms with E-state index in [9.17, 15) is 5.11 Å². The molecule has 0 spiro atoms. The third-order valence-electron chi connectivity index (χ3n) is 3.14. The standard InChI is InChI=1S/C12H18ClNOS/c13-12-6-5-9(16-12)7-8-14-10-3-1-2-4-11(10)15/h5-6,10-11,14-15H,1-4,7-8H2/t10-,11-/m1/s1. The highest BCUT2D eigenvalue weighted by Crippen LogP contribution is 2.22. The number of aliphatic hydroxyl groups excluding tert-OH is 1. The van der Waals surface area contributed by atoms with Crippen molar-refractivity contribution < 1.29 is 5.11 Å². The highest BCUT2D eigenvalue weighted by atomic mass is 35.5. The fourth-order valence-electron chi connectivity index (χ4n) is 2.22. The molecule has 0 aliphatic heterocycles. The lowest BCUT2D eigenvalue weighted by Crippen LogP contribution is -2.42.